The van der Waals surface area contributed by atoms with Crippen molar-refractivity contribution >= 4 is 17.2 Å². The fourth-order valence-electron chi connectivity index (χ4n) is 2.75. The van der Waals surface area contributed by atoms with Gasteiger partial charge in [0, 0.05) is 11.3 Å². The highest BCUT2D eigenvalue weighted by atomic mass is 19.4. The molecule has 0 saturated carbocycles. The molecule has 0 saturated heterocycles. The largest absolute Gasteiger partial charge is 0.418 e. The zero-order valence-corrected chi connectivity index (χ0v) is 14.8. The van der Waals surface area contributed by atoms with E-state index in [1.165, 1.54) is 16.5 Å². The second kappa shape index (κ2) is 6.53. The third-order valence-electron chi connectivity index (χ3n) is 4.17. The fourth-order valence-corrected chi connectivity index (χ4v) is 2.75. The lowest BCUT2D eigenvalue weighted by Gasteiger charge is -2.13. The van der Waals surface area contributed by atoms with Crippen molar-refractivity contribution in [2.45, 2.75) is 33.5 Å². The molecular formula is C17H16F3N5O2. The van der Waals surface area contributed by atoms with Crippen LogP contribution >= 0.6 is 0 Å². The molecule has 0 aliphatic heterocycles. The van der Waals surface area contributed by atoms with E-state index in [0.29, 0.717) is 22.7 Å². The quantitative estimate of drug-likeness (QED) is 0.758. The van der Waals surface area contributed by atoms with Gasteiger partial charge in [-0.25, -0.2) is 18.9 Å². The number of carbonyl (C=O) groups is 1. The lowest BCUT2D eigenvalue weighted by atomic mass is 10.1. The van der Waals surface area contributed by atoms with Crippen LogP contribution < -0.4 is 11.0 Å². The minimum Gasteiger partial charge on any atom is -0.324 e. The molecule has 3 aromatic rings. The van der Waals surface area contributed by atoms with Gasteiger partial charge in [0.15, 0.2) is 5.65 Å². The summed E-state index contributed by atoms with van der Waals surface area (Å²) in [6, 6.07) is 4.62. The molecule has 0 unspecified atom stereocenters. The molecule has 3 rings (SSSR count). The number of aromatic nitrogens is 4. The van der Waals surface area contributed by atoms with Crippen molar-refractivity contribution in [2.75, 3.05) is 5.32 Å². The number of para-hydroxylation sites is 1. The third kappa shape index (κ3) is 3.42. The van der Waals surface area contributed by atoms with Crippen molar-refractivity contribution in [3.8, 4) is 0 Å². The topological polar surface area (TPSA) is 81.3 Å². The summed E-state index contributed by atoms with van der Waals surface area (Å²) in [5.41, 5.74) is -0.199. The van der Waals surface area contributed by atoms with E-state index in [0.717, 1.165) is 16.8 Å². The smallest absolute Gasteiger partial charge is 0.324 e. The summed E-state index contributed by atoms with van der Waals surface area (Å²) in [5, 5.41) is 6.32. The monoisotopic (exact) mass is 379 g/mol. The van der Waals surface area contributed by atoms with E-state index < -0.39 is 29.9 Å². The lowest BCUT2D eigenvalue weighted by molar-refractivity contribution is -0.137. The lowest BCUT2D eigenvalue weighted by Crippen LogP contribution is -2.29. The van der Waals surface area contributed by atoms with Crippen LogP contribution in [0.3, 0.4) is 0 Å². The highest BCUT2D eigenvalue weighted by molar-refractivity contribution is 5.91. The molecule has 1 aromatic carbocycles. The Kier molecular flexibility index (Phi) is 4.50. The third-order valence-corrected chi connectivity index (χ3v) is 4.17. The number of carbonyl (C=O) groups excluding carboxylic acids is 1. The number of anilines is 1. The van der Waals surface area contributed by atoms with Crippen LogP contribution in [0, 0.1) is 20.8 Å². The number of halogens is 3. The number of amides is 1. The molecule has 0 radical (unpaired) electrons. The minimum absolute atomic E-state index is 0.355. The number of nitrogens with one attached hydrogen (secondary N) is 1. The van der Waals surface area contributed by atoms with Crippen LogP contribution in [0.5, 0.6) is 0 Å². The molecule has 0 spiro atoms. The Morgan fingerprint density at radius 3 is 2.52 bits per heavy atom. The van der Waals surface area contributed by atoms with Crippen molar-refractivity contribution in [1.82, 2.24) is 19.2 Å². The van der Waals surface area contributed by atoms with Gasteiger partial charge in [-0.2, -0.15) is 13.2 Å². The maximum atomic E-state index is 13.0. The molecular weight excluding hydrogens is 363 g/mol. The average molecular weight is 379 g/mol. The Balaban J connectivity index is 1.92. The van der Waals surface area contributed by atoms with Gasteiger partial charge in [-0.3, -0.25) is 4.79 Å². The van der Waals surface area contributed by atoms with Gasteiger partial charge in [0.05, 0.1) is 11.3 Å². The first-order valence-corrected chi connectivity index (χ1v) is 7.99. The number of aryl methyl sites for hydroxylation is 3. The maximum absolute atomic E-state index is 13.0. The van der Waals surface area contributed by atoms with Gasteiger partial charge in [-0.15, -0.1) is 5.10 Å². The summed E-state index contributed by atoms with van der Waals surface area (Å²) in [4.78, 5) is 29.0. The van der Waals surface area contributed by atoms with Crippen molar-refractivity contribution in [1.29, 1.82) is 0 Å². The number of nitrogens with zero attached hydrogens (tertiary/aromatic N) is 4. The van der Waals surface area contributed by atoms with Gasteiger partial charge in [0.1, 0.15) is 12.4 Å². The highest BCUT2D eigenvalue weighted by Gasteiger charge is 2.33. The van der Waals surface area contributed by atoms with Crippen LogP contribution in [0.15, 0.2) is 29.1 Å². The first-order chi connectivity index (χ1) is 12.6. The van der Waals surface area contributed by atoms with Crippen LogP contribution in [-0.2, 0) is 17.5 Å². The van der Waals surface area contributed by atoms with E-state index in [1.54, 1.807) is 20.8 Å². The molecule has 0 fully saturated rings. The van der Waals surface area contributed by atoms with Gasteiger partial charge in [-0.1, -0.05) is 12.1 Å². The zero-order valence-electron chi connectivity index (χ0n) is 14.8. The van der Waals surface area contributed by atoms with Gasteiger partial charge < -0.3 is 5.32 Å². The number of fused-ring (bicyclic) bond motifs is 1. The van der Waals surface area contributed by atoms with Crippen LogP contribution in [0.1, 0.15) is 22.6 Å². The Morgan fingerprint density at radius 1 is 1.19 bits per heavy atom. The molecule has 10 heteroatoms. The minimum atomic E-state index is -4.61. The first kappa shape index (κ1) is 18.6. The average Bonchev–Trinajstić information content (AvgIpc) is 2.89. The zero-order chi connectivity index (χ0) is 19.9. The maximum Gasteiger partial charge on any atom is 0.418 e. The summed E-state index contributed by atoms with van der Waals surface area (Å²) in [5.74, 6) is -0.385. The van der Waals surface area contributed by atoms with E-state index in [1.807, 2.05) is 0 Å². The number of benzene rings is 1. The van der Waals surface area contributed by atoms with Crippen molar-refractivity contribution in [3.05, 3.63) is 57.4 Å². The summed E-state index contributed by atoms with van der Waals surface area (Å²) in [6.07, 6.45) is -4.61. The SMILES string of the molecule is Cc1nc(C)n2c(=O)n(CC(=O)Nc3ccccc3C(F)(F)F)nc2c1C. The molecule has 27 heavy (non-hydrogen) atoms. The van der Waals surface area contributed by atoms with Crippen LogP contribution in [0.25, 0.3) is 5.65 Å². The van der Waals surface area contributed by atoms with Crippen molar-refractivity contribution < 1.29 is 18.0 Å². The first-order valence-electron chi connectivity index (χ1n) is 7.99. The van der Waals surface area contributed by atoms with Crippen LogP contribution in [0.4, 0.5) is 18.9 Å². The summed E-state index contributed by atoms with van der Waals surface area (Å²) < 4.78 is 41.2. The molecule has 142 valence electrons. The van der Waals surface area contributed by atoms with Crippen LogP contribution in [0.2, 0.25) is 0 Å². The number of rotatable bonds is 3. The standard InChI is InChI=1S/C17H16F3N5O2/c1-9-10(2)21-11(3)25-15(9)23-24(16(25)27)8-14(26)22-13-7-5-4-6-12(13)17(18,19)20/h4-7H,8H2,1-3H3,(H,22,26). The van der Waals surface area contributed by atoms with Crippen molar-refractivity contribution in [2.24, 2.45) is 0 Å². The molecule has 2 heterocycles. The van der Waals surface area contributed by atoms with Gasteiger partial charge in [0.25, 0.3) is 0 Å². The predicted octanol–water partition coefficient (Wildman–Crippen LogP) is 2.47. The Morgan fingerprint density at radius 2 is 1.85 bits per heavy atom. The molecule has 1 N–H and O–H groups in total. The fraction of sp³-hybridized carbons (Fsp3) is 0.294. The predicted molar refractivity (Wildman–Crippen MR) is 91.5 cm³/mol. The molecule has 0 aliphatic carbocycles. The number of alkyl halides is 3. The molecule has 2 aromatic heterocycles. The molecule has 0 aliphatic rings. The molecule has 0 atom stereocenters. The van der Waals surface area contributed by atoms with Gasteiger partial charge in [-0.05, 0) is 32.9 Å². The molecule has 1 amide bonds. The normalized spacial score (nSPS) is 11.8. The number of hydrogen-bond donors (Lipinski definition) is 1. The van der Waals surface area contributed by atoms with E-state index in [9.17, 15) is 22.8 Å². The summed E-state index contributed by atoms with van der Waals surface area (Å²) in [6.45, 7) is 4.62. The Bertz CT molecular complexity index is 1100. The second-order valence-electron chi connectivity index (χ2n) is 6.06. The van der Waals surface area contributed by atoms with E-state index >= 15 is 0 Å². The van der Waals surface area contributed by atoms with Crippen LogP contribution in [-0.4, -0.2) is 25.1 Å². The number of hydrogen-bond acceptors (Lipinski definition) is 4. The van der Waals surface area contributed by atoms with E-state index in [-0.39, 0.29) is 5.69 Å². The summed E-state index contributed by atoms with van der Waals surface area (Å²) in [7, 11) is 0. The van der Waals surface area contributed by atoms with E-state index in [4.69, 9.17) is 0 Å². The Labute approximate surface area is 151 Å². The van der Waals surface area contributed by atoms with E-state index in [2.05, 4.69) is 15.4 Å². The second-order valence-corrected chi connectivity index (χ2v) is 6.06. The molecule has 0 bridgehead atoms. The van der Waals surface area contributed by atoms with Crippen molar-refractivity contribution in [3.63, 3.8) is 0 Å². The Hall–Kier alpha value is -3.17. The van der Waals surface area contributed by atoms with Gasteiger partial charge in [0.2, 0.25) is 5.91 Å². The molecule has 7 nitrogen and oxygen atoms in total. The highest BCUT2D eigenvalue weighted by Crippen LogP contribution is 2.34. The summed E-state index contributed by atoms with van der Waals surface area (Å²) >= 11 is 0. The van der Waals surface area contributed by atoms with Gasteiger partial charge >= 0.3 is 11.9 Å².